The van der Waals surface area contributed by atoms with E-state index >= 15 is 0 Å². The van der Waals surface area contributed by atoms with E-state index in [9.17, 15) is 0 Å². The van der Waals surface area contributed by atoms with Crippen molar-refractivity contribution < 1.29 is 4.74 Å². The number of rotatable bonds is 2. The van der Waals surface area contributed by atoms with E-state index in [-0.39, 0.29) is 0 Å². The number of hydrogen-bond donors (Lipinski definition) is 0. The van der Waals surface area contributed by atoms with Crippen LogP contribution in [0, 0.1) is 34.6 Å². The highest BCUT2D eigenvalue weighted by Crippen LogP contribution is 2.27. The minimum absolute atomic E-state index is 0.912. The van der Waals surface area contributed by atoms with Crippen molar-refractivity contribution in [3.63, 3.8) is 0 Å². The van der Waals surface area contributed by atoms with Crippen LogP contribution < -0.4 is 4.74 Å². The summed E-state index contributed by atoms with van der Waals surface area (Å²) in [6, 6.07) is 10.5. The van der Waals surface area contributed by atoms with E-state index in [0.717, 1.165) is 11.5 Å². The minimum Gasteiger partial charge on any atom is -0.457 e. The lowest BCUT2D eigenvalue weighted by Gasteiger charge is -2.11. The summed E-state index contributed by atoms with van der Waals surface area (Å²) in [6.07, 6.45) is 0. The van der Waals surface area contributed by atoms with Crippen LogP contribution in [0.3, 0.4) is 0 Å². The molecule has 0 spiro atoms. The predicted octanol–water partition coefficient (Wildman–Crippen LogP) is 5.02. The molecule has 0 radical (unpaired) electrons. The zero-order chi connectivity index (χ0) is 13.3. The molecule has 0 amide bonds. The molecule has 1 heteroatoms. The second-order valence-electron chi connectivity index (χ2n) is 5.11. The molecule has 2 aromatic rings. The molecule has 2 aromatic carbocycles. The largest absolute Gasteiger partial charge is 0.457 e. The fourth-order valence-corrected chi connectivity index (χ4v) is 2.18. The fraction of sp³-hybridized carbons (Fsp3) is 0.294. The lowest BCUT2D eigenvalue weighted by molar-refractivity contribution is 0.481. The highest BCUT2D eigenvalue weighted by Gasteiger charge is 2.04. The zero-order valence-corrected chi connectivity index (χ0v) is 11.8. The Labute approximate surface area is 109 Å². The van der Waals surface area contributed by atoms with Gasteiger partial charge in [-0.3, -0.25) is 0 Å². The molecular formula is C17H20O. The molecule has 0 bridgehead atoms. The molecule has 0 saturated heterocycles. The van der Waals surface area contributed by atoms with Crippen molar-refractivity contribution in [2.24, 2.45) is 0 Å². The van der Waals surface area contributed by atoms with E-state index in [1.165, 1.54) is 27.8 Å². The van der Waals surface area contributed by atoms with Crippen LogP contribution >= 0.6 is 0 Å². The van der Waals surface area contributed by atoms with Crippen molar-refractivity contribution in [2.45, 2.75) is 34.6 Å². The van der Waals surface area contributed by atoms with Crippen molar-refractivity contribution in [3.8, 4) is 11.5 Å². The third-order valence-electron chi connectivity index (χ3n) is 3.33. The first-order valence-corrected chi connectivity index (χ1v) is 6.29. The summed E-state index contributed by atoms with van der Waals surface area (Å²) in [7, 11) is 0. The highest BCUT2D eigenvalue weighted by atomic mass is 16.5. The molecular weight excluding hydrogens is 220 g/mol. The Kier molecular flexibility index (Phi) is 3.42. The second-order valence-corrected chi connectivity index (χ2v) is 5.11. The van der Waals surface area contributed by atoms with Crippen molar-refractivity contribution in [1.82, 2.24) is 0 Å². The van der Waals surface area contributed by atoms with Gasteiger partial charge in [-0.1, -0.05) is 6.07 Å². The molecule has 0 N–H and O–H groups in total. The van der Waals surface area contributed by atoms with Gasteiger partial charge in [-0.25, -0.2) is 0 Å². The highest BCUT2D eigenvalue weighted by molar-refractivity contribution is 5.43. The van der Waals surface area contributed by atoms with Crippen LogP contribution in [0.5, 0.6) is 11.5 Å². The maximum absolute atomic E-state index is 5.96. The third kappa shape index (κ3) is 2.73. The van der Waals surface area contributed by atoms with Crippen LogP contribution in [-0.4, -0.2) is 0 Å². The summed E-state index contributed by atoms with van der Waals surface area (Å²) in [4.78, 5) is 0. The first-order valence-electron chi connectivity index (χ1n) is 6.29. The number of hydrogen-bond acceptors (Lipinski definition) is 1. The van der Waals surface area contributed by atoms with E-state index in [0.29, 0.717) is 0 Å². The van der Waals surface area contributed by atoms with E-state index < -0.39 is 0 Å². The molecule has 1 nitrogen and oxygen atoms in total. The Morgan fingerprint density at radius 3 is 1.56 bits per heavy atom. The van der Waals surface area contributed by atoms with Crippen LogP contribution in [0.25, 0.3) is 0 Å². The average Bonchev–Trinajstić information content (AvgIpc) is 2.24. The summed E-state index contributed by atoms with van der Waals surface area (Å²) in [6.45, 7) is 10.6. The number of ether oxygens (including phenoxy) is 1. The van der Waals surface area contributed by atoms with Gasteiger partial charge in [0.15, 0.2) is 0 Å². The van der Waals surface area contributed by atoms with Crippen LogP contribution in [0.2, 0.25) is 0 Å². The monoisotopic (exact) mass is 240 g/mol. The van der Waals surface area contributed by atoms with Gasteiger partial charge in [0.25, 0.3) is 0 Å². The lowest BCUT2D eigenvalue weighted by atomic mass is 10.0. The summed E-state index contributed by atoms with van der Waals surface area (Å²) in [5.74, 6) is 1.83. The first kappa shape index (κ1) is 12.7. The molecule has 0 aliphatic heterocycles. The van der Waals surface area contributed by atoms with Gasteiger partial charge in [0.1, 0.15) is 11.5 Å². The standard InChI is InChI=1S/C17H20O/c1-11-6-12(2)8-16(7-11)18-17-9-13(3)15(5)14(4)10-17/h6-10H,1-5H3. The summed E-state index contributed by atoms with van der Waals surface area (Å²) in [5.41, 5.74) is 6.34. The summed E-state index contributed by atoms with van der Waals surface area (Å²) in [5, 5.41) is 0. The molecule has 0 saturated carbocycles. The van der Waals surface area contributed by atoms with Gasteiger partial charge in [-0.05, 0) is 86.7 Å². The molecule has 0 fully saturated rings. The fourth-order valence-electron chi connectivity index (χ4n) is 2.18. The lowest BCUT2D eigenvalue weighted by Crippen LogP contribution is -1.91. The van der Waals surface area contributed by atoms with Gasteiger partial charge < -0.3 is 4.74 Å². The van der Waals surface area contributed by atoms with E-state index in [2.05, 4.69) is 65.0 Å². The number of aryl methyl sites for hydroxylation is 4. The Morgan fingerprint density at radius 2 is 1.06 bits per heavy atom. The maximum atomic E-state index is 5.96. The minimum atomic E-state index is 0.912. The normalized spacial score (nSPS) is 10.5. The van der Waals surface area contributed by atoms with Crippen molar-refractivity contribution in [3.05, 3.63) is 58.1 Å². The molecule has 0 unspecified atom stereocenters. The van der Waals surface area contributed by atoms with Crippen LogP contribution in [0.15, 0.2) is 30.3 Å². The third-order valence-corrected chi connectivity index (χ3v) is 3.33. The van der Waals surface area contributed by atoms with E-state index in [4.69, 9.17) is 4.74 Å². The quantitative estimate of drug-likeness (QED) is 0.716. The average molecular weight is 240 g/mol. The molecule has 94 valence electrons. The Balaban J connectivity index is 2.34. The van der Waals surface area contributed by atoms with Crippen molar-refractivity contribution >= 4 is 0 Å². The predicted molar refractivity (Wildman–Crippen MR) is 76.6 cm³/mol. The molecule has 0 heterocycles. The van der Waals surface area contributed by atoms with Crippen molar-refractivity contribution in [2.75, 3.05) is 0 Å². The molecule has 18 heavy (non-hydrogen) atoms. The van der Waals surface area contributed by atoms with Gasteiger partial charge in [0.2, 0.25) is 0 Å². The van der Waals surface area contributed by atoms with E-state index in [1.807, 2.05) is 0 Å². The Hall–Kier alpha value is -1.76. The van der Waals surface area contributed by atoms with Crippen molar-refractivity contribution in [1.29, 1.82) is 0 Å². The maximum Gasteiger partial charge on any atom is 0.127 e. The number of benzene rings is 2. The van der Waals surface area contributed by atoms with Gasteiger partial charge in [-0.2, -0.15) is 0 Å². The molecule has 0 aliphatic carbocycles. The van der Waals surface area contributed by atoms with Crippen LogP contribution in [-0.2, 0) is 0 Å². The zero-order valence-electron chi connectivity index (χ0n) is 11.8. The first-order chi connectivity index (χ1) is 8.45. The van der Waals surface area contributed by atoms with Crippen LogP contribution in [0.4, 0.5) is 0 Å². The molecule has 0 atom stereocenters. The van der Waals surface area contributed by atoms with Crippen LogP contribution in [0.1, 0.15) is 27.8 Å². The topological polar surface area (TPSA) is 9.23 Å². The Bertz CT molecular complexity index is 539. The SMILES string of the molecule is Cc1cc(C)cc(Oc2cc(C)c(C)c(C)c2)c1. The Morgan fingerprint density at radius 1 is 0.611 bits per heavy atom. The second kappa shape index (κ2) is 4.85. The molecule has 2 rings (SSSR count). The molecule has 0 aromatic heterocycles. The van der Waals surface area contributed by atoms with Gasteiger partial charge in [0.05, 0.1) is 0 Å². The van der Waals surface area contributed by atoms with E-state index in [1.54, 1.807) is 0 Å². The van der Waals surface area contributed by atoms with Gasteiger partial charge >= 0.3 is 0 Å². The smallest absolute Gasteiger partial charge is 0.127 e. The van der Waals surface area contributed by atoms with Gasteiger partial charge in [0, 0.05) is 0 Å². The van der Waals surface area contributed by atoms with Gasteiger partial charge in [-0.15, -0.1) is 0 Å². The summed E-state index contributed by atoms with van der Waals surface area (Å²) >= 11 is 0. The summed E-state index contributed by atoms with van der Waals surface area (Å²) < 4.78 is 5.96. The molecule has 0 aliphatic rings.